The Labute approximate surface area is 162 Å². The first-order valence-electron chi connectivity index (χ1n) is 8.85. The third kappa shape index (κ3) is 4.46. The van der Waals surface area contributed by atoms with Gasteiger partial charge in [-0.3, -0.25) is 4.79 Å². The quantitative estimate of drug-likeness (QED) is 0.721. The van der Waals surface area contributed by atoms with Crippen LogP contribution in [0.1, 0.15) is 46.8 Å². The zero-order valence-corrected chi connectivity index (χ0v) is 16.5. The van der Waals surface area contributed by atoms with E-state index in [0.717, 1.165) is 19.3 Å². The fourth-order valence-electron chi connectivity index (χ4n) is 3.13. The van der Waals surface area contributed by atoms with Crippen LogP contribution in [0, 0.1) is 5.92 Å². The maximum absolute atomic E-state index is 12.4. The van der Waals surface area contributed by atoms with E-state index < -0.39 is 12.1 Å². The lowest BCUT2D eigenvalue weighted by Gasteiger charge is -2.19. The summed E-state index contributed by atoms with van der Waals surface area (Å²) >= 11 is 7.40. The number of anilines is 1. The van der Waals surface area contributed by atoms with Gasteiger partial charge < -0.3 is 10.1 Å². The van der Waals surface area contributed by atoms with Crippen molar-refractivity contribution >= 4 is 40.5 Å². The van der Waals surface area contributed by atoms with Gasteiger partial charge in [-0.2, -0.15) is 0 Å². The summed E-state index contributed by atoms with van der Waals surface area (Å²) in [5.74, 6) is -0.123. The number of hydrogen-bond acceptors (Lipinski definition) is 4. The number of rotatable bonds is 5. The summed E-state index contributed by atoms with van der Waals surface area (Å²) in [7, 11) is 0. The largest absolute Gasteiger partial charge is 0.448 e. The molecule has 0 bridgehead atoms. The second-order valence-electron chi connectivity index (χ2n) is 6.62. The molecule has 0 unspecified atom stereocenters. The van der Waals surface area contributed by atoms with Crippen LogP contribution < -0.4 is 5.32 Å². The third-order valence-electron chi connectivity index (χ3n) is 4.71. The molecule has 0 spiro atoms. The van der Waals surface area contributed by atoms with E-state index in [2.05, 4.69) is 12.2 Å². The number of halogens is 1. The van der Waals surface area contributed by atoms with Gasteiger partial charge in [-0.15, -0.1) is 11.3 Å². The maximum atomic E-state index is 12.4. The Morgan fingerprint density at radius 3 is 2.92 bits per heavy atom. The first-order valence-corrected chi connectivity index (χ1v) is 10.0. The molecule has 0 aliphatic heterocycles. The zero-order chi connectivity index (χ0) is 18.7. The van der Waals surface area contributed by atoms with Crippen LogP contribution >= 0.6 is 22.9 Å². The van der Waals surface area contributed by atoms with Crippen LogP contribution in [0.5, 0.6) is 0 Å². The van der Waals surface area contributed by atoms with Crippen LogP contribution in [0.3, 0.4) is 0 Å². The van der Waals surface area contributed by atoms with E-state index in [1.807, 2.05) is 6.07 Å². The monoisotopic (exact) mass is 391 g/mol. The molecule has 1 aliphatic rings. The second-order valence-corrected chi connectivity index (χ2v) is 8.20. The molecule has 1 heterocycles. The number of carbonyl (C=O) groups is 2. The van der Waals surface area contributed by atoms with Crippen molar-refractivity contribution in [2.75, 3.05) is 5.32 Å². The summed E-state index contributed by atoms with van der Waals surface area (Å²) in [4.78, 5) is 26.5. The predicted octanol–water partition coefficient (Wildman–Crippen LogP) is 5.10. The third-order valence-corrected chi connectivity index (χ3v) is 6.16. The molecule has 26 heavy (non-hydrogen) atoms. The van der Waals surface area contributed by atoms with E-state index in [1.54, 1.807) is 31.2 Å². The highest BCUT2D eigenvalue weighted by Gasteiger charge is 2.25. The van der Waals surface area contributed by atoms with Crippen LogP contribution in [-0.4, -0.2) is 18.0 Å². The summed E-state index contributed by atoms with van der Waals surface area (Å²) in [6.07, 6.45) is 3.51. The molecule has 0 fully saturated rings. The summed E-state index contributed by atoms with van der Waals surface area (Å²) in [5.41, 5.74) is 1.83. The molecule has 1 amide bonds. The van der Waals surface area contributed by atoms with Crippen molar-refractivity contribution in [2.45, 2.75) is 45.6 Å². The van der Waals surface area contributed by atoms with Gasteiger partial charge in [0.05, 0.1) is 0 Å². The molecule has 0 radical (unpaired) electrons. The van der Waals surface area contributed by atoms with Crippen molar-refractivity contribution < 1.29 is 14.3 Å². The number of nitrogens with one attached hydrogen (secondary N) is 1. The number of carbonyl (C=O) groups excluding carboxylic acids is 2. The van der Waals surface area contributed by atoms with Gasteiger partial charge in [-0.25, -0.2) is 4.79 Å². The SMILES string of the molecule is CC[C@H]1CCc2sc(C(=O)O[C@@H](C)C(=O)Nc3cccc(Cl)c3)cc2C1. The average molecular weight is 392 g/mol. The highest BCUT2D eigenvalue weighted by Crippen LogP contribution is 2.34. The molecule has 1 aliphatic carbocycles. The number of aryl methyl sites for hydroxylation is 1. The molecule has 138 valence electrons. The highest BCUT2D eigenvalue weighted by atomic mass is 35.5. The van der Waals surface area contributed by atoms with Gasteiger partial charge in [0, 0.05) is 15.6 Å². The predicted molar refractivity (Wildman–Crippen MR) is 105 cm³/mol. The lowest BCUT2D eigenvalue weighted by molar-refractivity contribution is -0.123. The number of fused-ring (bicyclic) bond motifs is 1. The molecule has 6 heteroatoms. The Morgan fingerprint density at radius 2 is 2.19 bits per heavy atom. The number of thiophene rings is 1. The van der Waals surface area contributed by atoms with Crippen molar-refractivity contribution in [1.29, 1.82) is 0 Å². The Bertz CT molecular complexity index is 817. The topological polar surface area (TPSA) is 55.4 Å². The van der Waals surface area contributed by atoms with E-state index in [-0.39, 0.29) is 5.91 Å². The van der Waals surface area contributed by atoms with Gasteiger partial charge in [-0.1, -0.05) is 31.0 Å². The lowest BCUT2D eigenvalue weighted by Crippen LogP contribution is -2.29. The van der Waals surface area contributed by atoms with Crippen LogP contribution in [0.25, 0.3) is 0 Å². The van der Waals surface area contributed by atoms with Crippen LogP contribution in [-0.2, 0) is 22.4 Å². The van der Waals surface area contributed by atoms with Gasteiger partial charge in [0.1, 0.15) is 4.88 Å². The minimum Gasteiger partial charge on any atom is -0.448 e. The molecular weight excluding hydrogens is 370 g/mol. The molecule has 1 aromatic carbocycles. The second kappa shape index (κ2) is 8.23. The Kier molecular flexibility index (Phi) is 5.99. The molecule has 0 saturated heterocycles. The zero-order valence-electron chi connectivity index (χ0n) is 14.9. The molecular formula is C20H22ClNO3S. The van der Waals surface area contributed by atoms with Crippen molar-refractivity contribution in [1.82, 2.24) is 0 Å². The Balaban J connectivity index is 1.61. The van der Waals surface area contributed by atoms with E-state index in [4.69, 9.17) is 16.3 Å². The van der Waals surface area contributed by atoms with Crippen molar-refractivity contribution in [2.24, 2.45) is 5.92 Å². The standard InChI is InChI=1S/C20H22ClNO3S/c1-3-13-7-8-17-14(9-13)10-18(26-17)20(24)25-12(2)19(23)22-16-6-4-5-15(21)11-16/h4-6,10-13H,3,7-9H2,1-2H3,(H,22,23)/t12-,13-/m0/s1. The molecule has 1 aromatic heterocycles. The number of benzene rings is 1. The minimum absolute atomic E-state index is 0.381. The number of amides is 1. The Morgan fingerprint density at radius 1 is 1.38 bits per heavy atom. The maximum Gasteiger partial charge on any atom is 0.349 e. The molecule has 4 nitrogen and oxygen atoms in total. The van der Waals surface area contributed by atoms with Crippen molar-refractivity contribution in [3.63, 3.8) is 0 Å². The van der Waals surface area contributed by atoms with Gasteiger partial charge in [0.2, 0.25) is 0 Å². The van der Waals surface area contributed by atoms with E-state index >= 15 is 0 Å². The normalized spacial score (nSPS) is 17.3. The van der Waals surface area contributed by atoms with E-state index in [1.165, 1.54) is 28.2 Å². The molecule has 2 aromatic rings. The summed E-state index contributed by atoms with van der Waals surface area (Å²) in [6.45, 7) is 3.77. The van der Waals surface area contributed by atoms with Crippen LogP contribution in [0.15, 0.2) is 30.3 Å². The molecule has 2 atom stereocenters. The van der Waals surface area contributed by atoms with Crippen LogP contribution in [0.4, 0.5) is 5.69 Å². The fourth-order valence-corrected chi connectivity index (χ4v) is 4.41. The van der Waals surface area contributed by atoms with Gasteiger partial charge in [-0.05, 0) is 61.9 Å². The molecule has 0 saturated carbocycles. The van der Waals surface area contributed by atoms with Crippen molar-refractivity contribution in [3.8, 4) is 0 Å². The molecule has 1 N–H and O–H groups in total. The smallest absolute Gasteiger partial charge is 0.349 e. The minimum atomic E-state index is -0.885. The highest BCUT2D eigenvalue weighted by molar-refractivity contribution is 7.14. The van der Waals surface area contributed by atoms with Gasteiger partial charge >= 0.3 is 5.97 Å². The average Bonchev–Trinajstić information content (AvgIpc) is 3.04. The Hall–Kier alpha value is -1.85. The number of hydrogen-bond donors (Lipinski definition) is 1. The van der Waals surface area contributed by atoms with E-state index in [9.17, 15) is 9.59 Å². The van der Waals surface area contributed by atoms with Gasteiger partial charge in [0.25, 0.3) is 5.91 Å². The van der Waals surface area contributed by atoms with Gasteiger partial charge in [0.15, 0.2) is 6.10 Å². The lowest BCUT2D eigenvalue weighted by atomic mass is 9.87. The number of ether oxygens (including phenoxy) is 1. The van der Waals surface area contributed by atoms with E-state index in [0.29, 0.717) is 21.5 Å². The first-order chi connectivity index (χ1) is 12.5. The summed E-state index contributed by atoms with van der Waals surface area (Å²) in [6, 6.07) is 8.78. The van der Waals surface area contributed by atoms with Crippen LogP contribution in [0.2, 0.25) is 5.02 Å². The molecule has 3 rings (SSSR count). The first kappa shape index (κ1) is 18.9. The fraction of sp³-hybridized carbons (Fsp3) is 0.400. The number of esters is 1. The van der Waals surface area contributed by atoms with Crippen molar-refractivity contribution in [3.05, 3.63) is 50.7 Å². The summed E-state index contributed by atoms with van der Waals surface area (Å²) in [5, 5.41) is 3.23. The summed E-state index contributed by atoms with van der Waals surface area (Å²) < 4.78 is 5.36.